The average Bonchev–Trinajstić information content (AvgIpc) is 2.53. The van der Waals surface area contributed by atoms with E-state index in [4.69, 9.17) is 0 Å². The Labute approximate surface area is 127 Å². The smallest absolute Gasteiger partial charge is 0.0366 e. The van der Waals surface area contributed by atoms with Crippen molar-refractivity contribution >= 4 is 17.4 Å². The van der Waals surface area contributed by atoms with Crippen LogP contribution in [-0.2, 0) is 0 Å². The van der Waals surface area contributed by atoms with Crippen LogP contribution in [0.4, 0.5) is 5.69 Å². The first-order valence-corrected chi connectivity index (χ1v) is 8.23. The average molecular weight is 285 g/mol. The van der Waals surface area contributed by atoms with Gasteiger partial charge < -0.3 is 4.90 Å². The molecule has 0 aliphatic rings. The molecule has 0 heterocycles. The van der Waals surface area contributed by atoms with Gasteiger partial charge in [0.15, 0.2) is 0 Å². The molecule has 0 fully saturated rings. The van der Waals surface area contributed by atoms with Crippen molar-refractivity contribution in [2.75, 3.05) is 18.0 Å². The van der Waals surface area contributed by atoms with E-state index in [1.165, 1.54) is 17.0 Å². The maximum Gasteiger partial charge on any atom is 0.0366 e. The van der Waals surface area contributed by atoms with Gasteiger partial charge >= 0.3 is 0 Å². The van der Waals surface area contributed by atoms with Gasteiger partial charge in [-0.05, 0) is 37.6 Å². The molecule has 0 N–H and O–H groups in total. The highest BCUT2D eigenvalue weighted by atomic mass is 32.2. The molecule has 1 atom stereocenters. The molecule has 0 aliphatic carbocycles. The zero-order valence-electron chi connectivity index (χ0n) is 12.3. The first kappa shape index (κ1) is 15.0. The number of benzene rings is 2. The third-order valence-electron chi connectivity index (χ3n) is 3.43. The van der Waals surface area contributed by atoms with Crippen LogP contribution in [0.1, 0.15) is 20.3 Å². The zero-order chi connectivity index (χ0) is 14.2. The van der Waals surface area contributed by atoms with E-state index in [-0.39, 0.29) is 0 Å². The monoisotopic (exact) mass is 285 g/mol. The van der Waals surface area contributed by atoms with Crippen molar-refractivity contribution < 1.29 is 0 Å². The first-order valence-electron chi connectivity index (χ1n) is 7.35. The predicted octanol–water partition coefficient (Wildman–Crippen LogP) is 5.08. The van der Waals surface area contributed by atoms with Crippen LogP contribution in [0.2, 0.25) is 0 Å². The van der Waals surface area contributed by atoms with Gasteiger partial charge in [0.05, 0.1) is 0 Å². The number of nitrogens with zero attached hydrogens (tertiary/aromatic N) is 1. The Morgan fingerprint density at radius 1 is 0.900 bits per heavy atom. The molecule has 0 aromatic heterocycles. The molecular formula is C18H23NS. The number of anilines is 1. The molecule has 2 heteroatoms. The minimum absolute atomic E-state index is 0.623. The standard InChI is InChI=1S/C18H23NS/c1-3-17(20-18-13-9-6-10-14-18)15-19(4-2)16-11-7-5-8-12-16/h5-14,17H,3-4,15H2,1-2H3. The molecule has 0 spiro atoms. The van der Waals surface area contributed by atoms with Gasteiger partial charge in [0.1, 0.15) is 0 Å². The molecule has 2 aromatic carbocycles. The van der Waals surface area contributed by atoms with E-state index in [1.54, 1.807) is 0 Å². The highest BCUT2D eigenvalue weighted by molar-refractivity contribution is 8.00. The predicted molar refractivity (Wildman–Crippen MR) is 90.7 cm³/mol. The zero-order valence-corrected chi connectivity index (χ0v) is 13.1. The van der Waals surface area contributed by atoms with Crippen molar-refractivity contribution in [3.05, 3.63) is 60.7 Å². The van der Waals surface area contributed by atoms with E-state index in [2.05, 4.69) is 79.4 Å². The minimum Gasteiger partial charge on any atom is -0.371 e. The van der Waals surface area contributed by atoms with Crippen molar-refractivity contribution in [2.45, 2.75) is 30.4 Å². The molecule has 1 unspecified atom stereocenters. The summed E-state index contributed by atoms with van der Waals surface area (Å²) in [7, 11) is 0. The third-order valence-corrected chi connectivity index (χ3v) is 4.79. The fourth-order valence-corrected chi connectivity index (χ4v) is 3.36. The van der Waals surface area contributed by atoms with Crippen molar-refractivity contribution in [2.24, 2.45) is 0 Å². The minimum atomic E-state index is 0.623. The van der Waals surface area contributed by atoms with Gasteiger partial charge in [-0.1, -0.05) is 43.3 Å². The molecule has 1 nitrogen and oxygen atoms in total. The largest absolute Gasteiger partial charge is 0.371 e. The van der Waals surface area contributed by atoms with E-state index >= 15 is 0 Å². The number of hydrogen-bond donors (Lipinski definition) is 0. The molecule has 0 saturated carbocycles. The Hall–Kier alpha value is -1.41. The van der Waals surface area contributed by atoms with Gasteiger partial charge in [-0.15, -0.1) is 11.8 Å². The second kappa shape index (κ2) is 8.01. The molecule has 106 valence electrons. The highest BCUT2D eigenvalue weighted by Crippen LogP contribution is 2.27. The molecule has 0 saturated heterocycles. The van der Waals surface area contributed by atoms with E-state index in [1.807, 2.05) is 11.8 Å². The number of thioether (sulfide) groups is 1. The molecule has 20 heavy (non-hydrogen) atoms. The number of hydrogen-bond acceptors (Lipinski definition) is 2. The lowest BCUT2D eigenvalue weighted by molar-refractivity contribution is 0.747. The Kier molecular flexibility index (Phi) is 6.00. The second-order valence-corrected chi connectivity index (χ2v) is 6.21. The summed E-state index contributed by atoms with van der Waals surface area (Å²) >= 11 is 1.99. The fraction of sp³-hybridized carbons (Fsp3) is 0.333. The molecular weight excluding hydrogens is 262 g/mol. The van der Waals surface area contributed by atoms with Gasteiger partial charge in [0.25, 0.3) is 0 Å². The number of rotatable bonds is 7. The van der Waals surface area contributed by atoms with Crippen LogP contribution in [0, 0.1) is 0 Å². The topological polar surface area (TPSA) is 3.24 Å². The van der Waals surface area contributed by atoms with Crippen LogP contribution in [0.3, 0.4) is 0 Å². The van der Waals surface area contributed by atoms with Crippen molar-refractivity contribution in [1.82, 2.24) is 0 Å². The normalized spacial score (nSPS) is 12.1. The maximum absolute atomic E-state index is 2.46. The van der Waals surface area contributed by atoms with Crippen molar-refractivity contribution in [1.29, 1.82) is 0 Å². The third kappa shape index (κ3) is 4.31. The van der Waals surface area contributed by atoms with Crippen LogP contribution < -0.4 is 4.90 Å². The van der Waals surface area contributed by atoms with Crippen LogP contribution in [0.5, 0.6) is 0 Å². The Morgan fingerprint density at radius 3 is 2.05 bits per heavy atom. The van der Waals surface area contributed by atoms with Crippen LogP contribution in [0.25, 0.3) is 0 Å². The quantitative estimate of drug-likeness (QED) is 0.652. The van der Waals surface area contributed by atoms with Gasteiger partial charge in [-0.3, -0.25) is 0 Å². The molecule has 0 aliphatic heterocycles. The lowest BCUT2D eigenvalue weighted by Gasteiger charge is -2.27. The first-order chi connectivity index (χ1) is 9.83. The van der Waals surface area contributed by atoms with E-state index < -0.39 is 0 Å². The summed E-state index contributed by atoms with van der Waals surface area (Å²) in [4.78, 5) is 3.83. The maximum atomic E-state index is 2.46. The SMILES string of the molecule is CCC(CN(CC)c1ccccc1)Sc1ccccc1. The fourth-order valence-electron chi connectivity index (χ4n) is 2.24. The Morgan fingerprint density at radius 2 is 1.50 bits per heavy atom. The molecule has 2 rings (SSSR count). The van der Waals surface area contributed by atoms with Gasteiger partial charge in [-0.25, -0.2) is 0 Å². The Balaban J connectivity index is 2.01. The van der Waals surface area contributed by atoms with Gasteiger partial charge in [-0.2, -0.15) is 0 Å². The summed E-state index contributed by atoms with van der Waals surface area (Å²) in [5.41, 5.74) is 1.32. The van der Waals surface area contributed by atoms with Crippen molar-refractivity contribution in [3.63, 3.8) is 0 Å². The van der Waals surface area contributed by atoms with E-state index in [9.17, 15) is 0 Å². The Bertz CT molecular complexity index is 483. The second-order valence-electron chi connectivity index (χ2n) is 4.84. The lowest BCUT2D eigenvalue weighted by atomic mass is 10.2. The summed E-state index contributed by atoms with van der Waals surface area (Å²) in [6, 6.07) is 21.4. The molecule has 0 amide bonds. The summed E-state index contributed by atoms with van der Waals surface area (Å²) in [5.74, 6) is 0. The van der Waals surface area contributed by atoms with Crippen LogP contribution in [-0.4, -0.2) is 18.3 Å². The van der Waals surface area contributed by atoms with Gasteiger partial charge in [0.2, 0.25) is 0 Å². The molecule has 0 bridgehead atoms. The molecule has 0 radical (unpaired) electrons. The van der Waals surface area contributed by atoms with Crippen LogP contribution in [0.15, 0.2) is 65.6 Å². The van der Waals surface area contributed by atoms with Crippen LogP contribution >= 0.6 is 11.8 Å². The van der Waals surface area contributed by atoms with Crippen molar-refractivity contribution in [3.8, 4) is 0 Å². The number of para-hydroxylation sites is 1. The van der Waals surface area contributed by atoms with E-state index in [0.29, 0.717) is 5.25 Å². The highest BCUT2D eigenvalue weighted by Gasteiger charge is 2.13. The van der Waals surface area contributed by atoms with Gasteiger partial charge in [0, 0.05) is 28.9 Å². The summed E-state index contributed by atoms with van der Waals surface area (Å²) in [5, 5.41) is 0.623. The summed E-state index contributed by atoms with van der Waals surface area (Å²) in [6.07, 6.45) is 1.18. The van der Waals surface area contributed by atoms with E-state index in [0.717, 1.165) is 13.1 Å². The summed E-state index contributed by atoms with van der Waals surface area (Å²) < 4.78 is 0. The molecule has 2 aromatic rings. The lowest BCUT2D eigenvalue weighted by Crippen LogP contribution is -2.30. The summed E-state index contributed by atoms with van der Waals surface area (Å²) in [6.45, 7) is 6.65.